The Labute approximate surface area is 119 Å². The molecule has 0 fully saturated rings. The fourth-order valence-corrected chi connectivity index (χ4v) is 1.88. The number of aromatic nitrogens is 1. The van der Waals surface area contributed by atoms with Crippen LogP contribution in [-0.4, -0.2) is 12.6 Å². The predicted molar refractivity (Wildman–Crippen MR) is 78.6 cm³/mol. The van der Waals surface area contributed by atoms with Gasteiger partial charge >= 0.3 is 5.97 Å². The summed E-state index contributed by atoms with van der Waals surface area (Å²) in [5.74, 6) is -0.224. The molecule has 0 aliphatic rings. The Bertz CT molecular complexity index is 591. The van der Waals surface area contributed by atoms with Crippen LogP contribution < -0.4 is 4.57 Å². The number of benzene rings is 1. The molecular weight excluding hydrogens is 250 g/mol. The van der Waals surface area contributed by atoms with Crippen molar-refractivity contribution in [3.8, 4) is 0 Å². The fourth-order valence-electron chi connectivity index (χ4n) is 1.88. The number of rotatable bonds is 5. The fraction of sp³-hybridized carbons (Fsp3) is 0.176. The Morgan fingerprint density at radius 3 is 2.60 bits per heavy atom. The Kier molecular flexibility index (Phi) is 5.07. The molecule has 0 spiro atoms. The topological polar surface area (TPSA) is 30.2 Å². The van der Waals surface area contributed by atoms with Crippen LogP contribution in [0.3, 0.4) is 0 Å². The maximum atomic E-state index is 11.6. The molecule has 0 bridgehead atoms. The zero-order valence-electron chi connectivity index (χ0n) is 11.5. The normalized spacial score (nSPS) is 10.7. The van der Waals surface area contributed by atoms with Crippen molar-refractivity contribution in [2.45, 2.75) is 13.5 Å². The molecule has 1 aromatic heterocycles. The SMILES string of the molecule is CCOC(=O)C[n+]1ccccc1/C=C/c1ccccc1. The highest BCUT2D eigenvalue weighted by Gasteiger charge is 2.13. The Hall–Kier alpha value is -2.42. The summed E-state index contributed by atoms with van der Waals surface area (Å²) in [6, 6.07) is 15.9. The van der Waals surface area contributed by atoms with Gasteiger partial charge in [0.05, 0.1) is 6.61 Å². The summed E-state index contributed by atoms with van der Waals surface area (Å²) in [6.07, 6.45) is 5.90. The Balaban J connectivity index is 2.16. The Morgan fingerprint density at radius 1 is 1.10 bits per heavy atom. The van der Waals surface area contributed by atoms with Gasteiger partial charge in [0.15, 0.2) is 6.20 Å². The lowest BCUT2D eigenvalue weighted by molar-refractivity contribution is -0.687. The molecule has 0 saturated heterocycles. The molecule has 3 heteroatoms. The maximum absolute atomic E-state index is 11.6. The summed E-state index contributed by atoms with van der Waals surface area (Å²) >= 11 is 0. The third-order valence-electron chi connectivity index (χ3n) is 2.83. The van der Waals surface area contributed by atoms with Gasteiger partial charge in [0.2, 0.25) is 12.2 Å². The molecule has 0 atom stereocenters. The average Bonchev–Trinajstić information content (AvgIpc) is 2.48. The van der Waals surface area contributed by atoms with Crippen LogP contribution in [-0.2, 0) is 16.1 Å². The molecule has 0 aliphatic heterocycles. The van der Waals surface area contributed by atoms with Crippen molar-refractivity contribution in [2.75, 3.05) is 6.61 Å². The molecule has 20 heavy (non-hydrogen) atoms. The van der Waals surface area contributed by atoms with Crippen LogP contribution in [0.25, 0.3) is 12.2 Å². The minimum absolute atomic E-state index is 0.224. The third kappa shape index (κ3) is 4.05. The lowest BCUT2D eigenvalue weighted by Gasteiger charge is -2.01. The van der Waals surface area contributed by atoms with Crippen LogP contribution in [0, 0.1) is 0 Å². The smallest absolute Gasteiger partial charge is 0.372 e. The first-order valence-electron chi connectivity index (χ1n) is 6.67. The van der Waals surface area contributed by atoms with Crippen molar-refractivity contribution < 1.29 is 14.1 Å². The van der Waals surface area contributed by atoms with E-state index in [4.69, 9.17) is 4.74 Å². The van der Waals surface area contributed by atoms with Gasteiger partial charge in [0.25, 0.3) is 0 Å². The number of esters is 1. The van der Waals surface area contributed by atoms with Gasteiger partial charge in [-0.3, -0.25) is 0 Å². The number of pyridine rings is 1. The van der Waals surface area contributed by atoms with Crippen LogP contribution in [0.2, 0.25) is 0 Å². The van der Waals surface area contributed by atoms with Gasteiger partial charge in [-0.05, 0) is 24.6 Å². The largest absolute Gasteiger partial charge is 0.461 e. The molecule has 0 radical (unpaired) electrons. The molecule has 0 saturated carbocycles. The van der Waals surface area contributed by atoms with E-state index < -0.39 is 0 Å². The molecule has 0 amide bonds. The summed E-state index contributed by atoms with van der Waals surface area (Å²) in [4.78, 5) is 11.6. The second-order valence-corrected chi connectivity index (χ2v) is 4.30. The number of nitrogens with zero attached hydrogens (tertiary/aromatic N) is 1. The Morgan fingerprint density at radius 2 is 1.85 bits per heavy atom. The minimum Gasteiger partial charge on any atom is -0.461 e. The average molecular weight is 268 g/mol. The molecular formula is C17H18NO2+. The molecule has 0 aliphatic carbocycles. The van der Waals surface area contributed by atoms with Crippen molar-refractivity contribution in [3.63, 3.8) is 0 Å². The van der Waals surface area contributed by atoms with Crippen molar-refractivity contribution >= 4 is 18.1 Å². The highest BCUT2D eigenvalue weighted by atomic mass is 16.5. The molecule has 1 aromatic carbocycles. The molecule has 1 heterocycles. The number of carbonyl (C=O) groups excluding carboxylic acids is 1. The highest BCUT2D eigenvalue weighted by Crippen LogP contribution is 2.04. The lowest BCUT2D eigenvalue weighted by atomic mass is 10.2. The highest BCUT2D eigenvalue weighted by molar-refractivity contribution is 5.69. The van der Waals surface area contributed by atoms with Crippen molar-refractivity contribution in [3.05, 3.63) is 66.0 Å². The number of hydrogen-bond acceptors (Lipinski definition) is 2. The van der Waals surface area contributed by atoms with E-state index in [1.165, 1.54) is 0 Å². The first kappa shape index (κ1) is 14.0. The first-order valence-corrected chi connectivity index (χ1v) is 6.67. The van der Waals surface area contributed by atoms with E-state index in [1.54, 1.807) is 0 Å². The molecule has 3 nitrogen and oxygen atoms in total. The maximum Gasteiger partial charge on any atom is 0.372 e. The molecule has 102 valence electrons. The molecule has 2 rings (SSSR count). The summed E-state index contributed by atoms with van der Waals surface area (Å²) in [6.45, 7) is 2.44. The minimum atomic E-state index is -0.224. The van der Waals surface area contributed by atoms with Gasteiger partial charge in [-0.15, -0.1) is 0 Å². The quantitative estimate of drug-likeness (QED) is 0.616. The van der Waals surface area contributed by atoms with Crippen LogP contribution in [0.5, 0.6) is 0 Å². The summed E-state index contributed by atoms with van der Waals surface area (Å²) in [7, 11) is 0. The number of carbonyl (C=O) groups is 1. The van der Waals surface area contributed by atoms with Crippen molar-refractivity contribution in [2.24, 2.45) is 0 Å². The van der Waals surface area contributed by atoms with Crippen LogP contribution >= 0.6 is 0 Å². The van der Waals surface area contributed by atoms with Crippen LogP contribution in [0.15, 0.2) is 54.7 Å². The van der Waals surface area contributed by atoms with Crippen LogP contribution in [0.4, 0.5) is 0 Å². The standard InChI is InChI=1S/C17H18NO2/c1-2-20-17(19)14-18-13-7-6-10-16(18)12-11-15-8-4-3-5-9-15/h3-13H,2,14H2,1H3/q+1/b12-11+. The van der Waals surface area contributed by atoms with Gasteiger partial charge in [-0.2, -0.15) is 4.57 Å². The summed E-state index contributed by atoms with van der Waals surface area (Å²) in [5.41, 5.74) is 2.09. The third-order valence-corrected chi connectivity index (χ3v) is 2.83. The van der Waals surface area contributed by atoms with E-state index in [-0.39, 0.29) is 12.5 Å². The number of hydrogen-bond donors (Lipinski definition) is 0. The van der Waals surface area contributed by atoms with E-state index in [0.717, 1.165) is 11.3 Å². The monoisotopic (exact) mass is 268 g/mol. The second kappa shape index (κ2) is 7.24. The molecule has 2 aromatic rings. The first-order chi connectivity index (χ1) is 9.79. The summed E-state index contributed by atoms with van der Waals surface area (Å²) in [5, 5.41) is 0. The zero-order valence-corrected chi connectivity index (χ0v) is 11.5. The van der Waals surface area contributed by atoms with Crippen molar-refractivity contribution in [1.82, 2.24) is 0 Å². The molecule has 0 unspecified atom stereocenters. The lowest BCUT2D eigenvalue weighted by Crippen LogP contribution is -2.41. The van der Waals surface area contributed by atoms with E-state index in [0.29, 0.717) is 6.61 Å². The summed E-state index contributed by atoms with van der Waals surface area (Å²) < 4.78 is 6.85. The van der Waals surface area contributed by atoms with Gasteiger partial charge in [0.1, 0.15) is 0 Å². The van der Waals surface area contributed by atoms with Gasteiger partial charge in [-0.1, -0.05) is 30.3 Å². The van der Waals surface area contributed by atoms with Gasteiger partial charge in [0, 0.05) is 18.2 Å². The van der Waals surface area contributed by atoms with Gasteiger partial charge in [-0.25, -0.2) is 4.79 Å². The van der Waals surface area contributed by atoms with E-state index in [1.807, 2.05) is 78.4 Å². The number of ether oxygens (including phenoxy) is 1. The van der Waals surface area contributed by atoms with E-state index in [9.17, 15) is 4.79 Å². The molecule has 0 N–H and O–H groups in total. The van der Waals surface area contributed by atoms with Gasteiger partial charge < -0.3 is 4.74 Å². The van der Waals surface area contributed by atoms with Crippen LogP contribution in [0.1, 0.15) is 18.2 Å². The predicted octanol–water partition coefficient (Wildman–Crippen LogP) is 2.71. The van der Waals surface area contributed by atoms with E-state index >= 15 is 0 Å². The van der Waals surface area contributed by atoms with Crippen molar-refractivity contribution in [1.29, 1.82) is 0 Å². The zero-order chi connectivity index (χ0) is 14.2. The second-order valence-electron chi connectivity index (χ2n) is 4.30. The van der Waals surface area contributed by atoms with E-state index in [2.05, 4.69) is 0 Å².